The van der Waals surface area contributed by atoms with E-state index in [1.165, 1.54) is 4.57 Å². The third kappa shape index (κ3) is 1.65. The van der Waals surface area contributed by atoms with Crippen LogP contribution in [0.5, 0.6) is 0 Å². The SMILES string of the molecule is CNc1c(Br)cn(C)c(=O)c1C=N. The van der Waals surface area contributed by atoms with Gasteiger partial charge in [-0.3, -0.25) is 4.79 Å². The van der Waals surface area contributed by atoms with Crippen LogP contribution in [0.4, 0.5) is 5.69 Å². The van der Waals surface area contributed by atoms with Crippen molar-refractivity contribution in [2.24, 2.45) is 7.05 Å². The zero-order valence-electron chi connectivity index (χ0n) is 7.39. The molecule has 0 amide bonds. The Bertz CT molecular complexity index is 397. The molecular formula is C8H10BrN3O. The van der Waals surface area contributed by atoms with Gasteiger partial charge in [0, 0.05) is 26.5 Å². The van der Waals surface area contributed by atoms with Crippen molar-refractivity contribution in [2.75, 3.05) is 12.4 Å². The van der Waals surface area contributed by atoms with E-state index in [0.29, 0.717) is 11.3 Å². The molecule has 0 atom stereocenters. The molecule has 70 valence electrons. The van der Waals surface area contributed by atoms with E-state index in [2.05, 4.69) is 21.2 Å². The van der Waals surface area contributed by atoms with E-state index >= 15 is 0 Å². The summed E-state index contributed by atoms with van der Waals surface area (Å²) in [4.78, 5) is 11.5. The summed E-state index contributed by atoms with van der Waals surface area (Å²) < 4.78 is 2.21. The van der Waals surface area contributed by atoms with Crippen molar-refractivity contribution in [1.82, 2.24) is 4.57 Å². The maximum atomic E-state index is 11.5. The van der Waals surface area contributed by atoms with Gasteiger partial charge in [0.2, 0.25) is 0 Å². The summed E-state index contributed by atoms with van der Waals surface area (Å²) in [6, 6.07) is 0. The predicted molar refractivity (Wildman–Crippen MR) is 56.8 cm³/mol. The van der Waals surface area contributed by atoms with Crippen molar-refractivity contribution in [3.8, 4) is 0 Å². The molecule has 0 bridgehead atoms. The third-order valence-electron chi connectivity index (χ3n) is 1.76. The van der Waals surface area contributed by atoms with Gasteiger partial charge in [0.15, 0.2) is 0 Å². The number of hydrogen-bond acceptors (Lipinski definition) is 3. The van der Waals surface area contributed by atoms with Crippen molar-refractivity contribution in [3.63, 3.8) is 0 Å². The summed E-state index contributed by atoms with van der Waals surface area (Å²) in [5, 5.41) is 9.99. The molecule has 1 aromatic rings. The van der Waals surface area contributed by atoms with Crippen LogP contribution in [0.3, 0.4) is 0 Å². The number of nitrogens with one attached hydrogen (secondary N) is 2. The van der Waals surface area contributed by atoms with Crippen LogP contribution in [0.25, 0.3) is 0 Å². The fourth-order valence-corrected chi connectivity index (χ4v) is 1.83. The largest absolute Gasteiger partial charge is 0.386 e. The highest BCUT2D eigenvalue weighted by Crippen LogP contribution is 2.21. The van der Waals surface area contributed by atoms with Gasteiger partial charge in [-0.2, -0.15) is 0 Å². The lowest BCUT2D eigenvalue weighted by Gasteiger charge is -2.08. The van der Waals surface area contributed by atoms with Gasteiger partial charge in [-0.1, -0.05) is 0 Å². The highest BCUT2D eigenvalue weighted by molar-refractivity contribution is 9.10. The Kier molecular flexibility index (Phi) is 2.87. The molecule has 1 aromatic heterocycles. The van der Waals surface area contributed by atoms with Crippen LogP contribution < -0.4 is 10.9 Å². The summed E-state index contributed by atoms with van der Waals surface area (Å²) in [7, 11) is 3.37. The van der Waals surface area contributed by atoms with Gasteiger partial charge in [-0.15, -0.1) is 0 Å². The van der Waals surface area contributed by atoms with Gasteiger partial charge in [0.25, 0.3) is 5.56 Å². The molecule has 0 radical (unpaired) electrons. The number of aryl methyl sites for hydroxylation is 1. The van der Waals surface area contributed by atoms with E-state index in [1.807, 2.05) is 0 Å². The minimum atomic E-state index is -0.178. The smallest absolute Gasteiger partial charge is 0.261 e. The Morgan fingerprint density at radius 3 is 2.77 bits per heavy atom. The Morgan fingerprint density at radius 2 is 2.31 bits per heavy atom. The molecule has 13 heavy (non-hydrogen) atoms. The molecule has 0 spiro atoms. The molecule has 0 aromatic carbocycles. The lowest BCUT2D eigenvalue weighted by atomic mass is 10.2. The van der Waals surface area contributed by atoms with E-state index in [4.69, 9.17) is 5.41 Å². The van der Waals surface area contributed by atoms with Gasteiger partial charge in [0.1, 0.15) is 0 Å². The maximum Gasteiger partial charge on any atom is 0.261 e. The van der Waals surface area contributed by atoms with Crippen LogP contribution >= 0.6 is 15.9 Å². The summed E-state index contributed by atoms with van der Waals surface area (Å²) >= 11 is 3.31. The van der Waals surface area contributed by atoms with E-state index in [9.17, 15) is 4.79 Å². The van der Waals surface area contributed by atoms with E-state index < -0.39 is 0 Å². The highest BCUT2D eigenvalue weighted by atomic mass is 79.9. The van der Waals surface area contributed by atoms with E-state index in [-0.39, 0.29) is 5.56 Å². The van der Waals surface area contributed by atoms with Crippen LogP contribution in [-0.4, -0.2) is 17.8 Å². The number of hydrogen-bond donors (Lipinski definition) is 2. The molecule has 5 heteroatoms. The van der Waals surface area contributed by atoms with Gasteiger partial charge in [-0.25, -0.2) is 0 Å². The lowest BCUT2D eigenvalue weighted by molar-refractivity contribution is 0.854. The summed E-state index contributed by atoms with van der Waals surface area (Å²) in [6.07, 6.45) is 2.72. The first-order valence-corrected chi connectivity index (χ1v) is 4.48. The number of anilines is 1. The molecule has 0 saturated carbocycles. The second kappa shape index (κ2) is 3.74. The van der Waals surface area contributed by atoms with Crippen molar-refractivity contribution >= 4 is 27.8 Å². The Hall–Kier alpha value is -1.10. The zero-order valence-corrected chi connectivity index (χ0v) is 8.97. The van der Waals surface area contributed by atoms with Gasteiger partial charge < -0.3 is 15.3 Å². The predicted octanol–water partition coefficient (Wildman–Crippen LogP) is 1.19. The second-order valence-electron chi connectivity index (χ2n) is 2.58. The topological polar surface area (TPSA) is 57.9 Å². The van der Waals surface area contributed by atoms with Crippen LogP contribution in [0, 0.1) is 5.41 Å². The van der Waals surface area contributed by atoms with Crippen molar-refractivity contribution < 1.29 is 0 Å². The average molecular weight is 244 g/mol. The average Bonchev–Trinajstić information content (AvgIpc) is 2.10. The molecule has 1 heterocycles. The lowest BCUT2D eigenvalue weighted by Crippen LogP contribution is -2.22. The molecular weight excluding hydrogens is 234 g/mol. The summed E-state index contributed by atoms with van der Waals surface area (Å²) in [5.74, 6) is 0. The Morgan fingerprint density at radius 1 is 1.69 bits per heavy atom. The van der Waals surface area contributed by atoms with Crippen LogP contribution in [0.2, 0.25) is 0 Å². The molecule has 0 saturated heterocycles. The van der Waals surface area contributed by atoms with Gasteiger partial charge in [0.05, 0.1) is 15.7 Å². The Labute approximate surface area is 84.2 Å². The first kappa shape index (κ1) is 9.98. The van der Waals surface area contributed by atoms with Crippen LogP contribution in [-0.2, 0) is 7.05 Å². The first-order chi connectivity index (χ1) is 6.11. The maximum absolute atomic E-state index is 11.5. The van der Waals surface area contributed by atoms with Crippen LogP contribution in [0.1, 0.15) is 5.56 Å². The van der Waals surface area contributed by atoms with E-state index in [0.717, 1.165) is 10.7 Å². The van der Waals surface area contributed by atoms with Crippen LogP contribution in [0.15, 0.2) is 15.5 Å². The monoisotopic (exact) mass is 243 g/mol. The van der Waals surface area contributed by atoms with Gasteiger partial charge >= 0.3 is 0 Å². The second-order valence-corrected chi connectivity index (χ2v) is 3.43. The molecule has 4 nitrogen and oxygen atoms in total. The molecule has 0 aliphatic carbocycles. The van der Waals surface area contributed by atoms with Crippen molar-refractivity contribution in [2.45, 2.75) is 0 Å². The summed E-state index contributed by atoms with van der Waals surface area (Å²) in [6.45, 7) is 0. The standard InChI is InChI=1S/C8H10BrN3O/c1-11-7-5(3-10)8(13)12(2)4-6(7)9/h3-4,10-11H,1-2H3. The summed E-state index contributed by atoms with van der Waals surface area (Å²) in [5.41, 5.74) is 0.833. The number of pyridine rings is 1. The zero-order chi connectivity index (χ0) is 10.0. The number of aromatic nitrogens is 1. The van der Waals surface area contributed by atoms with E-state index in [1.54, 1.807) is 20.3 Å². The Balaban J connectivity index is 3.60. The molecule has 0 unspecified atom stereocenters. The minimum absolute atomic E-state index is 0.178. The normalized spacial score (nSPS) is 9.77. The molecule has 0 fully saturated rings. The molecule has 0 aliphatic rings. The fourth-order valence-electron chi connectivity index (χ4n) is 1.11. The highest BCUT2D eigenvalue weighted by Gasteiger charge is 2.09. The number of nitrogens with zero attached hydrogens (tertiary/aromatic N) is 1. The van der Waals surface area contributed by atoms with Gasteiger partial charge in [-0.05, 0) is 15.9 Å². The molecule has 0 aliphatic heterocycles. The van der Waals surface area contributed by atoms with Crippen molar-refractivity contribution in [3.05, 3.63) is 26.6 Å². The molecule has 2 N–H and O–H groups in total. The quantitative estimate of drug-likeness (QED) is 0.767. The first-order valence-electron chi connectivity index (χ1n) is 3.69. The minimum Gasteiger partial charge on any atom is -0.386 e. The number of halogens is 1. The van der Waals surface area contributed by atoms with Crippen molar-refractivity contribution in [1.29, 1.82) is 5.41 Å². The number of rotatable bonds is 2. The fraction of sp³-hybridized carbons (Fsp3) is 0.250. The third-order valence-corrected chi connectivity index (χ3v) is 2.36. The molecule has 1 rings (SSSR count).